The highest BCUT2D eigenvalue weighted by Gasteiger charge is 2.24. The summed E-state index contributed by atoms with van der Waals surface area (Å²) in [6, 6.07) is 6.08. The van der Waals surface area contributed by atoms with E-state index in [1.807, 2.05) is 13.8 Å². The normalized spacial score (nSPS) is 11.7. The van der Waals surface area contributed by atoms with Crippen LogP contribution in [-0.4, -0.2) is 55.6 Å². The molecule has 1 aromatic heterocycles. The number of hydrogen-bond donors (Lipinski definition) is 2. The first-order chi connectivity index (χ1) is 15.2. The van der Waals surface area contributed by atoms with E-state index in [1.54, 1.807) is 19.9 Å². The van der Waals surface area contributed by atoms with Crippen molar-refractivity contribution >= 4 is 21.8 Å². The third kappa shape index (κ3) is 5.93. The molecule has 9 nitrogen and oxygen atoms in total. The first-order valence-electron chi connectivity index (χ1n) is 10.4. The molecular weight excluding hydrogens is 439 g/mol. The Kier molecular flexibility index (Phi) is 8.93. The molecule has 0 saturated carbocycles. The quantitative estimate of drug-likeness (QED) is 0.518. The Morgan fingerprint density at radius 1 is 0.938 bits per heavy atom. The first-order valence-corrected chi connectivity index (χ1v) is 11.8. The van der Waals surface area contributed by atoms with Crippen molar-refractivity contribution < 1.29 is 26.8 Å². The van der Waals surface area contributed by atoms with Crippen LogP contribution in [0.1, 0.15) is 54.4 Å². The van der Waals surface area contributed by atoms with Crippen LogP contribution in [0.2, 0.25) is 0 Å². The average molecular weight is 469 g/mol. The van der Waals surface area contributed by atoms with Gasteiger partial charge in [-0.1, -0.05) is 27.7 Å². The summed E-state index contributed by atoms with van der Waals surface area (Å²) in [5.74, 6) is -2.08. The van der Waals surface area contributed by atoms with Gasteiger partial charge in [0.1, 0.15) is 11.6 Å². The summed E-state index contributed by atoms with van der Waals surface area (Å²) in [6.07, 6.45) is 0. The number of amides is 2. The predicted molar refractivity (Wildman–Crippen MR) is 117 cm³/mol. The van der Waals surface area contributed by atoms with Crippen molar-refractivity contribution in [1.29, 1.82) is 0 Å². The van der Waals surface area contributed by atoms with E-state index in [4.69, 9.17) is 4.42 Å². The summed E-state index contributed by atoms with van der Waals surface area (Å²) in [6.45, 7) is 10.0. The fourth-order valence-electron chi connectivity index (χ4n) is 3.05. The number of rotatable bonds is 10. The molecule has 0 bridgehead atoms. The lowest BCUT2D eigenvalue weighted by Gasteiger charge is -2.19. The highest BCUT2D eigenvalue weighted by molar-refractivity contribution is 7.89. The van der Waals surface area contributed by atoms with E-state index in [0.717, 1.165) is 31.3 Å². The molecule has 176 valence electrons. The van der Waals surface area contributed by atoms with Gasteiger partial charge in [0, 0.05) is 13.1 Å². The molecule has 0 fully saturated rings. The van der Waals surface area contributed by atoms with Gasteiger partial charge in [0.05, 0.1) is 17.0 Å². The highest BCUT2D eigenvalue weighted by Crippen LogP contribution is 2.19. The number of halogens is 1. The van der Waals surface area contributed by atoms with Gasteiger partial charge in [0.25, 0.3) is 5.91 Å². The zero-order valence-electron chi connectivity index (χ0n) is 18.6. The summed E-state index contributed by atoms with van der Waals surface area (Å²) in [5.41, 5.74) is 3.73. The van der Waals surface area contributed by atoms with Crippen LogP contribution in [0.4, 0.5) is 4.39 Å². The van der Waals surface area contributed by atoms with Crippen LogP contribution in [0.3, 0.4) is 0 Å². The van der Waals surface area contributed by atoms with E-state index < -0.39 is 33.2 Å². The second-order valence-corrected chi connectivity index (χ2v) is 8.80. The molecule has 0 saturated heterocycles. The molecule has 0 spiro atoms. The van der Waals surface area contributed by atoms with E-state index in [2.05, 4.69) is 15.8 Å². The van der Waals surface area contributed by atoms with E-state index >= 15 is 0 Å². The second-order valence-electron chi connectivity index (χ2n) is 6.87. The number of nitrogens with one attached hydrogen (secondary N) is 2. The number of furan rings is 1. The fourth-order valence-corrected chi connectivity index (χ4v) is 4.53. The van der Waals surface area contributed by atoms with Crippen LogP contribution in [0.25, 0.3) is 0 Å². The zero-order chi connectivity index (χ0) is 23.9. The molecule has 1 aromatic carbocycles. The Balaban J connectivity index is 2.10. The predicted octanol–water partition coefficient (Wildman–Crippen LogP) is 2.37. The molecule has 32 heavy (non-hydrogen) atoms. The number of nitrogens with zero attached hydrogens (tertiary/aromatic N) is 2. The minimum absolute atomic E-state index is 0.0224. The largest absolute Gasteiger partial charge is 0.454 e. The van der Waals surface area contributed by atoms with Crippen molar-refractivity contribution in [1.82, 2.24) is 20.1 Å². The number of carbonyl (C=O) groups is 2. The summed E-state index contributed by atoms with van der Waals surface area (Å²) in [7, 11) is -3.88. The summed E-state index contributed by atoms with van der Waals surface area (Å²) >= 11 is 0. The first kappa shape index (κ1) is 25.5. The minimum atomic E-state index is -3.88. The molecule has 2 N–H and O–H groups in total. The molecule has 0 radical (unpaired) electrons. The molecule has 0 aliphatic heterocycles. The van der Waals surface area contributed by atoms with Crippen molar-refractivity contribution in [3.63, 3.8) is 0 Å². The van der Waals surface area contributed by atoms with Crippen LogP contribution < -0.4 is 10.9 Å². The van der Waals surface area contributed by atoms with Crippen molar-refractivity contribution in [2.75, 3.05) is 26.2 Å². The average Bonchev–Trinajstić information content (AvgIpc) is 3.25. The van der Waals surface area contributed by atoms with Gasteiger partial charge in [0.2, 0.25) is 10.0 Å². The lowest BCUT2D eigenvalue weighted by Crippen LogP contribution is -2.42. The number of hydrazine groups is 1. The number of sulfonamides is 1. The monoisotopic (exact) mass is 468 g/mol. The molecule has 0 unspecified atom stereocenters. The summed E-state index contributed by atoms with van der Waals surface area (Å²) in [5, 5.41) is 0. The molecule has 2 aromatic rings. The maximum absolute atomic E-state index is 14.2. The smallest absolute Gasteiger partial charge is 0.305 e. The maximum Gasteiger partial charge on any atom is 0.305 e. The second kappa shape index (κ2) is 11.2. The van der Waals surface area contributed by atoms with Crippen molar-refractivity contribution in [3.8, 4) is 0 Å². The van der Waals surface area contributed by atoms with Gasteiger partial charge in [-0.25, -0.2) is 12.8 Å². The fraction of sp³-hybridized carbons (Fsp3) is 0.429. The van der Waals surface area contributed by atoms with Crippen LogP contribution >= 0.6 is 0 Å². The lowest BCUT2D eigenvalue weighted by atomic mass is 10.2. The van der Waals surface area contributed by atoms with E-state index in [0.29, 0.717) is 12.3 Å². The van der Waals surface area contributed by atoms with Crippen LogP contribution in [-0.2, 0) is 16.6 Å². The summed E-state index contributed by atoms with van der Waals surface area (Å²) < 4.78 is 46.2. The third-order valence-corrected chi connectivity index (χ3v) is 7.02. The molecule has 0 aliphatic rings. The number of hydrogen-bond acceptors (Lipinski definition) is 6. The zero-order valence-corrected chi connectivity index (χ0v) is 19.5. The number of carbonyl (C=O) groups excluding carboxylic acids is 2. The SMILES string of the molecule is CCN(CC)Cc1ccc(C(=O)NNC(=O)c2cc(S(=O)(=O)N(CC)CC)ccc2F)o1. The molecule has 2 rings (SSSR count). The Hall–Kier alpha value is -2.76. The van der Waals surface area contributed by atoms with E-state index in [-0.39, 0.29) is 23.7 Å². The maximum atomic E-state index is 14.2. The van der Waals surface area contributed by atoms with Crippen molar-refractivity contribution in [2.45, 2.75) is 39.1 Å². The Labute approximate surface area is 187 Å². The van der Waals surface area contributed by atoms with Crippen LogP contribution in [0.15, 0.2) is 39.6 Å². The van der Waals surface area contributed by atoms with Crippen molar-refractivity contribution in [3.05, 3.63) is 53.2 Å². The molecule has 11 heteroatoms. The van der Waals surface area contributed by atoms with Gasteiger partial charge in [-0.15, -0.1) is 0 Å². The molecular formula is C21H29FN4O5S. The Bertz CT molecular complexity index is 1050. The molecule has 1 heterocycles. The Morgan fingerprint density at radius 3 is 2.16 bits per heavy atom. The Morgan fingerprint density at radius 2 is 1.56 bits per heavy atom. The summed E-state index contributed by atoms with van der Waals surface area (Å²) in [4.78, 5) is 26.6. The standard InChI is InChI=1S/C21H29FN4O5S/c1-5-25(6-2)14-15-9-12-19(31-15)21(28)24-23-20(27)17-13-16(10-11-18(17)22)32(29,30)26(7-3)8-4/h9-13H,5-8,14H2,1-4H3,(H,23,27)(H,24,28). The van der Waals surface area contributed by atoms with Crippen LogP contribution in [0.5, 0.6) is 0 Å². The topological polar surface area (TPSA) is 112 Å². The van der Waals surface area contributed by atoms with Gasteiger partial charge < -0.3 is 4.42 Å². The van der Waals surface area contributed by atoms with Gasteiger partial charge >= 0.3 is 5.91 Å². The van der Waals surface area contributed by atoms with Crippen LogP contribution in [0, 0.1) is 5.82 Å². The van der Waals surface area contributed by atoms with Gasteiger partial charge in [-0.2, -0.15) is 4.31 Å². The molecule has 0 aliphatic carbocycles. The molecule has 0 atom stereocenters. The molecule has 2 amide bonds. The lowest BCUT2D eigenvalue weighted by molar-refractivity contribution is 0.0826. The van der Waals surface area contributed by atoms with E-state index in [9.17, 15) is 22.4 Å². The van der Waals surface area contributed by atoms with E-state index in [1.165, 1.54) is 10.4 Å². The van der Waals surface area contributed by atoms with Gasteiger partial charge in [0.15, 0.2) is 5.76 Å². The highest BCUT2D eigenvalue weighted by atomic mass is 32.2. The number of benzene rings is 1. The van der Waals surface area contributed by atoms with Gasteiger partial charge in [-0.05, 0) is 43.4 Å². The third-order valence-electron chi connectivity index (χ3n) is 4.97. The van der Waals surface area contributed by atoms with Crippen molar-refractivity contribution in [2.24, 2.45) is 0 Å². The van der Waals surface area contributed by atoms with Gasteiger partial charge in [-0.3, -0.25) is 25.3 Å². The minimum Gasteiger partial charge on any atom is -0.454 e.